The van der Waals surface area contributed by atoms with Crippen LogP contribution in [0.4, 0.5) is 0 Å². The van der Waals surface area contributed by atoms with Gasteiger partial charge in [-0.05, 0) is 35.8 Å². The maximum Gasteiger partial charge on any atom is 0.215 e. The van der Waals surface area contributed by atoms with Crippen molar-refractivity contribution in [3.05, 3.63) is 35.4 Å². The maximum absolute atomic E-state index is 12.2. The summed E-state index contributed by atoms with van der Waals surface area (Å²) in [4.78, 5) is 0. The number of benzene rings is 1. The molecular weight excluding hydrogens is 284 g/mol. The molecule has 1 fully saturated rings. The quantitative estimate of drug-likeness (QED) is 0.847. The summed E-state index contributed by atoms with van der Waals surface area (Å²) in [6, 6.07) is 7.46. The fourth-order valence-corrected chi connectivity index (χ4v) is 4.32. The summed E-state index contributed by atoms with van der Waals surface area (Å²) in [5.41, 5.74) is 7.34. The van der Waals surface area contributed by atoms with Crippen molar-refractivity contribution < 1.29 is 8.42 Å². The largest absolute Gasteiger partial charge is 0.326 e. The molecule has 4 nitrogen and oxygen atoms in total. The predicted molar refractivity (Wildman–Crippen MR) is 86.1 cm³/mol. The highest BCUT2D eigenvalue weighted by molar-refractivity contribution is 7.88. The summed E-state index contributed by atoms with van der Waals surface area (Å²) in [6.45, 7) is 3.25. The standard InChI is InChI=1S/C16H26N2O2S/c1-13-4-2-6-15(8-13)11-18-21(19,20)12-16-7-3-5-14(9-16)10-17/h3,5,7,9,13,15,18H,2,4,6,8,10-12,17H2,1H3. The van der Waals surface area contributed by atoms with Gasteiger partial charge in [-0.2, -0.15) is 0 Å². The highest BCUT2D eigenvalue weighted by Crippen LogP contribution is 2.28. The molecule has 5 heteroatoms. The van der Waals surface area contributed by atoms with Crippen LogP contribution in [0.5, 0.6) is 0 Å². The molecular formula is C16H26N2O2S. The first-order chi connectivity index (χ1) is 9.98. The second-order valence-electron chi connectivity index (χ2n) is 6.27. The molecule has 118 valence electrons. The Balaban J connectivity index is 1.89. The van der Waals surface area contributed by atoms with Crippen LogP contribution in [0.2, 0.25) is 0 Å². The Morgan fingerprint density at radius 3 is 2.76 bits per heavy atom. The van der Waals surface area contributed by atoms with Gasteiger partial charge in [-0.15, -0.1) is 0 Å². The summed E-state index contributed by atoms with van der Waals surface area (Å²) >= 11 is 0. The Hall–Kier alpha value is -0.910. The fourth-order valence-electron chi connectivity index (χ4n) is 3.11. The van der Waals surface area contributed by atoms with E-state index < -0.39 is 10.0 Å². The molecule has 1 aliphatic carbocycles. The third kappa shape index (κ3) is 5.41. The monoisotopic (exact) mass is 310 g/mol. The summed E-state index contributed by atoms with van der Waals surface area (Å²) in [6.07, 6.45) is 4.75. The van der Waals surface area contributed by atoms with Crippen molar-refractivity contribution in [2.24, 2.45) is 17.6 Å². The molecule has 2 unspecified atom stereocenters. The average Bonchev–Trinajstić information content (AvgIpc) is 2.45. The van der Waals surface area contributed by atoms with Crippen LogP contribution >= 0.6 is 0 Å². The Labute approximate surface area is 128 Å². The van der Waals surface area contributed by atoms with E-state index in [0.29, 0.717) is 19.0 Å². The van der Waals surface area contributed by atoms with Crippen LogP contribution < -0.4 is 10.5 Å². The van der Waals surface area contributed by atoms with E-state index >= 15 is 0 Å². The lowest BCUT2D eigenvalue weighted by atomic mass is 9.83. The SMILES string of the molecule is CC1CCCC(CNS(=O)(=O)Cc2cccc(CN)c2)C1. The number of rotatable bonds is 6. The van der Waals surface area contributed by atoms with Gasteiger partial charge in [0.1, 0.15) is 0 Å². The van der Waals surface area contributed by atoms with Crippen molar-refractivity contribution in [2.45, 2.75) is 44.9 Å². The minimum atomic E-state index is -3.27. The molecule has 0 spiro atoms. The number of sulfonamides is 1. The molecule has 0 amide bonds. The van der Waals surface area contributed by atoms with Crippen LogP contribution in [0.15, 0.2) is 24.3 Å². The predicted octanol–water partition coefficient (Wildman–Crippen LogP) is 2.39. The molecule has 0 heterocycles. The van der Waals surface area contributed by atoms with Crippen molar-refractivity contribution >= 4 is 10.0 Å². The van der Waals surface area contributed by atoms with Gasteiger partial charge in [-0.25, -0.2) is 13.1 Å². The van der Waals surface area contributed by atoms with Crippen molar-refractivity contribution in [3.8, 4) is 0 Å². The van der Waals surface area contributed by atoms with E-state index in [1.807, 2.05) is 24.3 Å². The molecule has 0 bridgehead atoms. The van der Waals surface area contributed by atoms with Crippen LogP contribution in [0.3, 0.4) is 0 Å². The lowest BCUT2D eigenvalue weighted by Crippen LogP contribution is -2.32. The van der Waals surface area contributed by atoms with Gasteiger partial charge in [0.25, 0.3) is 0 Å². The summed E-state index contributed by atoms with van der Waals surface area (Å²) < 4.78 is 27.1. The van der Waals surface area contributed by atoms with Crippen molar-refractivity contribution in [1.82, 2.24) is 4.72 Å². The zero-order valence-corrected chi connectivity index (χ0v) is 13.5. The van der Waals surface area contributed by atoms with Crippen LogP contribution in [0.25, 0.3) is 0 Å². The minimum absolute atomic E-state index is 0.0309. The molecule has 1 aliphatic rings. The lowest BCUT2D eigenvalue weighted by molar-refractivity contribution is 0.283. The molecule has 0 radical (unpaired) electrons. The summed E-state index contributed by atoms with van der Waals surface area (Å²) in [5, 5.41) is 0. The van der Waals surface area contributed by atoms with E-state index in [2.05, 4.69) is 11.6 Å². The zero-order valence-electron chi connectivity index (χ0n) is 12.7. The normalized spacial score (nSPS) is 23.1. The molecule has 0 aliphatic heterocycles. The average molecular weight is 310 g/mol. The van der Waals surface area contributed by atoms with Crippen LogP contribution in [0, 0.1) is 11.8 Å². The summed E-state index contributed by atoms with van der Waals surface area (Å²) in [7, 11) is -3.27. The Morgan fingerprint density at radius 2 is 2.05 bits per heavy atom. The van der Waals surface area contributed by atoms with Crippen molar-refractivity contribution in [2.75, 3.05) is 6.54 Å². The van der Waals surface area contributed by atoms with E-state index in [-0.39, 0.29) is 5.75 Å². The highest BCUT2D eigenvalue weighted by Gasteiger charge is 2.21. The molecule has 2 atom stereocenters. The Kier molecular flexibility index (Phi) is 5.79. The van der Waals surface area contributed by atoms with Crippen LogP contribution in [-0.2, 0) is 22.3 Å². The summed E-state index contributed by atoms with van der Waals surface area (Å²) in [5.74, 6) is 1.23. The van der Waals surface area contributed by atoms with E-state index in [1.54, 1.807) is 0 Å². The second kappa shape index (κ2) is 7.38. The van der Waals surface area contributed by atoms with Gasteiger partial charge in [0.05, 0.1) is 5.75 Å². The Bertz CT molecular complexity index is 557. The van der Waals surface area contributed by atoms with Gasteiger partial charge in [0.2, 0.25) is 10.0 Å². The first-order valence-electron chi connectivity index (χ1n) is 7.74. The third-order valence-electron chi connectivity index (χ3n) is 4.22. The van der Waals surface area contributed by atoms with E-state index in [1.165, 1.54) is 12.8 Å². The number of hydrogen-bond acceptors (Lipinski definition) is 3. The molecule has 0 saturated heterocycles. The van der Waals surface area contributed by atoms with Gasteiger partial charge in [-0.1, -0.05) is 44.0 Å². The fraction of sp³-hybridized carbons (Fsp3) is 0.625. The van der Waals surface area contributed by atoms with Gasteiger partial charge in [0, 0.05) is 13.1 Å². The maximum atomic E-state index is 12.2. The molecule has 1 aromatic carbocycles. The van der Waals surface area contributed by atoms with E-state index in [9.17, 15) is 8.42 Å². The highest BCUT2D eigenvalue weighted by atomic mass is 32.2. The van der Waals surface area contributed by atoms with Crippen LogP contribution in [0.1, 0.15) is 43.7 Å². The van der Waals surface area contributed by atoms with Crippen LogP contribution in [-0.4, -0.2) is 15.0 Å². The van der Waals surface area contributed by atoms with Gasteiger partial charge in [0.15, 0.2) is 0 Å². The lowest BCUT2D eigenvalue weighted by Gasteiger charge is -2.26. The Morgan fingerprint density at radius 1 is 1.29 bits per heavy atom. The zero-order chi connectivity index (χ0) is 15.3. The molecule has 3 N–H and O–H groups in total. The molecule has 2 rings (SSSR count). The molecule has 1 saturated carbocycles. The topological polar surface area (TPSA) is 72.2 Å². The number of nitrogens with one attached hydrogen (secondary N) is 1. The molecule has 0 aromatic heterocycles. The van der Waals surface area contributed by atoms with Gasteiger partial charge in [-0.3, -0.25) is 0 Å². The second-order valence-corrected chi connectivity index (χ2v) is 8.08. The molecule has 1 aromatic rings. The number of hydrogen-bond donors (Lipinski definition) is 2. The van der Waals surface area contributed by atoms with E-state index in [0.717, 1.165) is 29.9 Å². The van der Waals surface area contributed by atoms with Gasteiger partial charge >= 0.3 is 0 Å². The van der Waals surface area contributed by atoms with Crippen molar-refractivity contribution in [1.29, 1.82) is 0 Å². The first kappa shape index (κ1) is 16.5. The number of nitrogens with two attached hydrogens (primary N) is 1. The first-order valence-corrected chi connectivity index (χ1v) is 9.39. The smallest absolute Gasteiger partial charge is 0.215 e. The minimum Gasteiger partial charge on any atom is -0.326 e. The van der Waals surface area contributed by atoms with Gasteiger partial charge < -0.3 is 5.73 Å². The third-order valence-corrected chi connectivity index (χ3v) is 5.54. The van der Waals surface area contributed by atoms with E-state index in [4.69, 9.17) is 5.73 Å². The van der Waals surface area contributed by atoms with Crippen molar-refractivity contribution in [3.63, 3.8) is 0 Å². The molecule has 21 heavy (non-hydrogen) atoms.